The molecule has 0 radical (unpaired) electrons. The zero-order valence-electron chi connectivity index (χ0n) is 10.8. The van der Waals surface area contributed by atoms with E-state index in [0.29, 0.717) is 6.54 Å². The Labute approximate surface area is 118 Å². The Morgan fingerprint density at radius 3 is 2.53 bits per heavy atom. The second-order valence-corrected chi connectivity index (χ2v) is 3.66. The Kier molecular flexibility index (Phi) is 5.54. The molecule has 6 heteroatoms. The number of hydrogen-bond acceptors (Lipinski definition) is 5. The van der Waals surface area contributed by atoms with Crippen LogP contribution in [0, 0.1) is 0 Å². The largest absolute Gasteiger partial charge is 0.497 e. The van der Waals surface area contributed by atoms with E-state index in [0.717, 1.165) is 28.5 Å². The number of nitrogens with two attached hydrogens (primary N) is 1. The Morgan fingerprint density at radius 1 is 1.11 bits per heavy atom. The van der Waals surface area contributed by atoms with Gasteiger partial charge in [-0.15, -0.1) is 12.4 Å². The number of ether oxygens (including phenoxy) is 2. The van der Waals surface area contributed by atoms with Crippen molar-refractivity contribution >= 4 is 12.4 Å². The van der Waals surface area contributed by atoms with Crippen molar-refractivity contribution in [1.29, 1.82) is 0 Å². The third-order valence-corrected chi connectivity index (χ3v) is 2.62. The molecule has 0 saturated heterocycles. The van der Waals surface area contributed by atoms with E-state index in [9.17, 15) is 0 Å². The fourth-order valence-corrected chi connectivity index (χ4v) is 1.67. The summed E-state index contributed by atoms with van der Waals surface area (Å²) in [5.74, 6) is 1.48. The fourth-order valence-electron chi connectivity index (χ4n) is 1.67. The highest BCUT2D eigenvalue weighted by atomic mass is 35.5. The first kappa shape index (κ1) is 15.2. The summed E-state index contributed by atoms with van der Waals surface area (Å²) in [7, 11) is 3.24. The van der Waals surface area contributed by atoms with E-state index in [2.05, 4.69) is 9.97 Å². The minimum absolute atomic E-state index is 0. The molecule has 19 heavy (non-hydrogen) atoms. The Balaban J connectivity index is 0.00000180. The summed E-state index contributed by atoms with van der Waals surface area (Å²) in [5, 5.41) is 0. The predicted molar refractivity (Wildman–Crippen MR) is 75.7 cm³/mol. The van der Waals surface area contributed by atoms with E-state index in [1.807, 2.05) is 24.3 Å². The molecule has 0 aliphatic heterocycles. The number of hydrogen-bond donors (Lipinski definition) is 1. The van der Waals surface area contributed by atoms with Crippen LogP contribution in [0.4, 0.5) is 0 Å². The Bertz CT molecular complexity index is 549. The molecule has 1 heterocycles. The SMILES string of the molecule is COc1ccc(OC)c(-c2cc(CN)ncn2)c1.Cl. The van der Waals surface area contributed by atoms with Gasteiger partial charge in [-0.05, 0) is 24.3 Å². The summed E-state index contributed by atoms with van der Waals surface area (Å²) in [5.41, 5.74) is 7.98. The summed E-state index contributed by atoms with van der Waals surface area (Å²) in [6.45, 7) is 0.377. The zero-order valence-corrected chi connectivity index (χ0v) is 11.6. The highest BCUT2D eigenvalue weighted by molar-refractivity contribution is 5.85. The maximum atomic E-state index is 5.58. The molecule has 0 atom stereocenters. The van der Waals surface area contributed by atoms with Crippen LogP contribution in [-0.2, 0) is 6.54 Å². The third kappa shape index (κ3) is 3.33. The van der Waals surface area contributed by atoms with E-state index < -0.39 is 0 Å². The number of halogens is 1. The van der Waals surface area contributed by atoms with Crippen LogP contribution in [0.2, 0.25) is 0 Å². The van der Waals surface area contributed by atoms with Gasteiger partial charge in [-0.3, -0.25) is 0 Å². The van der Waals surface area contributed by atoms with Gasteiger partial charge in [0.25, 0.3) is 0 Å². The average molecular weight is 282 g/mol. The van der Waals surface area contributed by atoms with Crippen LogP contribution in [0.5, 0.6) is 11.5 Å². The van der Waals surface area contributed by atoms with Gasteiger partial charge in [0.15, 0.2) is 0 Å². The normalized spacial score (nSPS) is 9.63. The quantitative estimate of drug-likeness (QED) is 0.929. The first-order chi connectivity index (χ1) is 8.78. The molecule has 0 fully saturated rings. The molecule has 1 aromatic carbocycles. The second kappa shape index (κ2) is 6.92. The third-order valence-electron chi connectivity index (χ3n) is 2.62. The van der Waals surface area contributed by atoms with Crippen molar-refractivity contribution in [3.05, 3.63) is 36.3 Å². The second-order valence-electron chi connectivity index (χ2n) is 3.66. The maximum absolute atomic E-state index is 5.58. The summed E-state index contributed by atoms with van der Waals surface area (Å²) in [6.07, 6.45) is 1.50. The Hall–Kier alpha value is -1.85. The number of methoxy groups -OCH3 is 2. The van der Waals surface area contributed by atoms with Crippen LogP contribution in [0.15, 0.2) is 30.6 Å². The monoisotopic (exact) mass is 281 g/mol. The first-order valence-corrected chi connectivity index (χ1v) is 5.52. The van der Waals surface area contributed by atoms with Crippen LogP contribution < -0.4 is 15.2 Å². The summed E-state index contributed by atoms with van der Waals surface area (Å²) >= 11 is 0. The van der Waals surface area contributed by atoms with Gasteiger partial charge < -0.3 is 15.2 Å². The van der Waals surface area contributed by atoms with Crippen molar-refractivity contribution in [2.45, 2.75) is 6.54 Å². The average Bonchev–Trinajstić information content (AvgIpc) is 2.46. The van der Waals surface area contributed by atoms with Crippen LogP contribution in [-0.4, -0.2) is 24.2 Å². The molecule has 0 aliphatic rings. The molecule has 0 aliphatic carbocycles. The Morgan fingerprint density at radius 2 is 1.89 bits per heavy atom. The van der Waals surface area contributed by atoms with Crippen molar-refractivity contribution in [2.75, 3.05) is 14.2 Å². The molecule has 0 amide bonds. The smallest absolute Gasteiger partial charge is 0.128 e. The molecule has 0 bridgehead atoms. The summed E-state index contributed by atoms with van der Waals surface area (Å²) < 4.78 is 10.5. The van der Waals surface area contributed by atoms with E-state index in [1.54, 1.807) is 14.2 Å². The van der Waals surface area contributed by atoms with Crippen LogP contribution >= 0.6 is 12.4 Å². The first-order valence-electron chi connectivity index (χ1n) is 5.52. The summed E-state index contributed by atoms with van der Waals surface area (Å²) in [4.78, 5) is 8.31. The molecule has 0 spiro atoms. The van der Waals surface area contributed by atoms with Crippen molar-refractivity contribution in [2.24, 2.45) is 5.73 Å². The van der Waals surface area contributed by atoms with Crippen molar-refractivity contribution < 1.29 is 9.47 Å². The van der Waals surface area contributed by atoms with E-state index in [1.165, 1.54) is 6.33 Å². The van der Waals surface area contributed by atoms with Gasteiger partial charge in [0.2, 0.25) is 0 Å². The van der Waals surface area contributed by atoms with Gasteiger partial charge in [-0.25, -0.2) is 9.97 Å². The van der Waals surface area contributed by atoms with Crippen LogP contribution in [0.3, 0.4) is 0 Å². The van der Waals surface area contributed by atoms with Gasteiger partial charge >= 0.3 is 0 Å². The molecule has 2 rings (SSSR count). The van der Waals surface area contributed by atoms with E-state index >= 15 is 0 Å². The molecule has 0 saturated carbocycles. The van der Waals surface area contributed by atoms with Crippen molar-refractivity contribution in [3.8, 4) is 22.8 Å². The molecular formula is C13H16ClN3O2. The summed E-state index contributed by atoms with van der Waals surface area (Å²) in [6, 6.07) is 7.41. The van der Waals surface area contributed by atoms with E-state index in [4.69, 9.17) is 15.2 Å². The predicted octanol–water partition coefficient (Wildman–Crippen LogP) is 2.04. The molecule has 102 valence electrons. The minimum atomic E-state index is 0. The molecule has 1 aromatic heterocycles. The highest BCUT2D eigenvalue weighted by Crippen LogP contribution is 2.32. The molecule has 2 aromatic rings. The van der Waals surface area contributed by atoms with Crippen molar-refractivity contribution in [3.63, 3.8) is 0 Å². The van der Waals surface area contributed by atoms with E-state index in [-0.39, 0.29) is 12.4 Å². The number of benzene rings is 1. The van der Waals surface area contributed by atoms with Gasteiger partial charge in [-0.1, -0.05) is 0 Å². The number of nitrogens with zero attached hydrogens (tertiary/aromatic N) is 2. The zero-order chi connectivity index (χ0) is 13.0. The molecule has 5 nitrogen and oxygen atoms in total. The van der Waals surface area contributed by atoms with Crippen molar-refractivity contribution in [1.82, 2.24) is 9.97 Å². The molecule has 0 unspecified atom stereocenters. The van der Waals surface area contributed by atoms with Gasteiger partial charge in [0.05, 0.1) is 25.6 Å². The van der Waals surface area contributed by atoms with Gasteiger partial charge in [0, 0.05) is 12.1 Å². The fraction of sp³-hybridized carbons (Fsp3) is 0.231. The lowest BCUT2D eigenvalue weighted by molar-refractivity contribution is 0.404. The number of aromatic nitrogens is 2. The standard InChI is InChI=1S/C13H15N3O2.ClH/c1-17-10-3-4-13(18-2)11(6-10)12-5-9(7-14)15-8-16-12;/h3-6,8H,7,14H2,1-2H3;1H. The molecule has 2 N–H and O–H groups in total. The van der Waals surface area contributed by atoms with Crippen LogP contribution in [0.1, 0.15) is 5.69 Å². The van der Waals surface area contributed by atoms with Gasteiger partial charge in [-0.2, -0.15) is 0 Å². The molecular weight excluding hydrogens is 266 g/mol. The lowest BCUT2D eigenvalue weighted by Crippen LogP contribution is -2.01. The maximum Gasteiger partial charge on any atom is 0.128 e. The number of rotatable bonds is 4. The lowest BCUT2D eigenvalue weighted by Gasteiger charge is -2.10. The van der Waals surface area contributed by atoms with Crippen LogP contribution in [0.25, 0.3) is 11.3 Å². The lowest BCUT2D eigenvalue weighted by atomic mass is 10.1. The highest BCUT2D eigenvalue weighted by Gasteiger charge is 2.09. The van der Waals surface area contributed by atoms with Gasteiger partial charge in [0.1, 0.15) is 17.8 Å². The minimum Gasteiger partial charge on any atom is -0.497 e. The topological polar surface area (TPSA) is 70.3 Å².